The highest BCUT2D eigenvalue weighted by Crippen LogP contribution is 2.41. The van der Waals surface area contributed by atoms with Gasteiger partial charge in [0.1, 0.15) is 11.8 Å². The summed E-state index contributed by atoms with van der Waals surface area (Å²) in [7, 11) is 0. The second kappa shape index (κ2) is 6.07. The van der Waals surface area contributed by atoms with E-state index in [9.17, 15) is 4.79 Å². The molecular weight excluding hydrogens is 290 g/mol. The average Bonchev–Trinajstić information content (AvgIpc) is 3.37. The third kappa shape index (κ3) is 2.96. The summed E-state index contributed by atoms with van der Waals surface area (Å²) < 4.78 is 5.07. The highest BCUT2D eigenvalue weighted by atomic mass is 16.5. The van der Waals surface area contributed by atoms with Crippen LogP contribution in [-0.2, 0) is 0 Å². The van der Waals surface area contributed by atoms with Crippen molar-refractivity contribution in [2.45, 2.75) is 25.2 Å². The SMILES string of the molecule is O=C(c1conc1C1CC1)N1CCCN(c2ccccc2)CC1. The Hall–Kier alpha value is -2.30. The van der Waals surface area contributed by atoms with Crippen LogP contribution in [0.1, 0.15) is 41.2 Å². The van der Waals surface area contributed by atoms with E-state index in [1.807, 2.05) is 11.0 Å². The fourth-order valence-corrected chi connectivity index (χ4v) is 3.24. The second-order valence-corrected chi connectivity index (χ2v) is 6.36. The zero-order valence-corrected chi connectivity index (χ0v) is 13.1. The maximum Gasteiger partial charge on any atom is 0.259 e. The molecule has 120 valence electrons. The zero-order valence-electron chi connectivity index (χ0n) is 13.1. The normalized spacial score (nSPS) is 18.8. The van der Waals surface area contributed by atoms with E-state index in [1.165, 1.54) is 12.0 Å². The number of hydrogen-bond acceptors (Lipinski definition) is 4. The van der Waals surface area contributed by atoms with Crippen LogP contribution in [0.5, 0.6) is 0 Å². The van der Waals surface area contributed by atoms with E-state index in [0.717, 1.165) is 51.1 Å². The summed E-state index contributed by atoms with van der Waals surface area (Å²) in [6.07, 6.45) is 4.74. The third-order valence-corrected chi connectivity index (χ3v) is 4.70. The summed E-state index contributed by atoms with van der Waals surface area (Å²) in [6, 6.07) is 10.4. The molecule has 5 nitrogen and oxygen atoms in total. The summed E-state index contributed by atoms with van der Waals surface area (Å²) >= 11 is 0. The van der Waals surface area contributed by atoms with Crippen molar-refractivity contribution in [3.63, 3.8) is 0 Å². The summed E-state index contributed by atoms with van der Waals surface area (Å²) in [5.41, 5.74) is 2.75. The summed E-state index contributed by atoms with van der Waals surface area (Å²) in [4.78, 5) is 17.1. The van der Waals surface area contributed by atoms with E-state index in [2.05, 4.69) is 34.3 Å². The first-order valence-corrected chi connectivity index (χ1v) is 8.36. The molecule has 1 saturated heterocycles. The topological polar surface area (TPSA) is 49.6 Å². The van der Waals surface area contributed by atoms with Crippen molar-refractivity contribution in [2.24, 2.45) is 0 Å². The Balaban J connectivity index is 1.46. The molecule has 0 bridgehead atoms. The lowest BCUT2D eigenvalue weighted by molar-refractivity contribution is 0.0765. The predicted octanol–water partition coefficient (Wildman–Crippen LogP) is 2.90. The first-order valence-electron chi connectivity index (χ1n) is 8.36. The van der Waals surface area contributed by atoms with Gasteiger partial charge in [0, 0.05) is 37.8 Å². The van der Waals surface area contributed by atoms with Crippen LogP contribution < -0.4 is 4.90 Å². The number of nitrogens with zero attached hydrogens (tertiary/aromatic N) is 3. The van der Waals surface area contributed by atoms with Gasteiger partial charge in [-0.05, 0) is 31.4 Å². The minimum absolute atomic E-state index is 0.0723. The highest BCUT2D eigenvalue weighted by molar-refractivity contribution is 5.95. The van der Waals surface area contributed by atoms with Crippen LogP contribution >= 0.6 is 0 Å². The van der Waals surface area contributed by atoms with E-state index in [0.29, 0.717) is 11.5 Å². The van der Waals surface area contributed by atoms with E-state index in [4.69, 9.17) is 4.52 Å². The molecule has 1 saturated carbocycles. The average molecular weight is 311 g/mol. The molecule has 0 atom stereocenters. The van der Waals surface area contributed by atoms with Gasteiger partial charge in [-0.2, -0.15) is 0 Å². The van der Waals surface area contributed by atoms with Gasteiger partial charge in [-0.25, -0.2) is 0 Å². The molecule has 1 amide bonds. The Morgan fingerprint density at radius 3 is 2.70 bits per heavy atom. The molecule has 0 spiro atoms. The monoisotopic (exact) mass is 311 g/mol. The van der Waals surface area contributed by atoms with Crippen molar-refractivity contribution in [3.05, 3.63) is 47.9 Å². The van der Waals surface area contributed by atoms with Crippen LogP contribution in [0.4, 0.5) is 5.69 Å². The first-order chi connectivity index (χ1) is 11.3. The smallest absolute Gasteiger partial charge is 0.259 e. The van der Waals surface area contributed by atoms with Crippen LogP contribution in [0.2, 0.25) is 0 Å². The van der Waals surface area contributed by atoms with E-state index in [1.54, 1.807) is 0 Å². The van der Waals surface area contributed by atoms with Crippen molar-refractivity contribution in [2.75, 3.05) is 31.1 Å². The lowest BCUT2D eigenvalue weighted by atomic mass is 10.1. The lowest BCUT2D eigenvalue weighted by Gasteiger charge is -2.23. The largest absolute Gasteiger partial charge is 0.370 e. The Labute approximate surface area is 135 Å². The molecule has 1 aliphatic heterocycles. The minimum atomic E-state index is 0.0723. The number of hydrogen-bond donors (Lipinski definition) is 0. The van der Waals surface area contributed by atoms with Crippen molar-refractivity contribution < 1.29 is 9.32 Å². The van der Waals surface area contributed by atoms with Gasteiger partial charge in [0.2, 0.25) is 0 Å². The first kappa shape index (κ1) is 14.3. The fraction of sp³-hybridized carbons (Fsp3) is 0.444. The number of para-hydroxylation sites is 1. The molecule has 23 heavy (non-hydrogen) atoms. The molecule has 0 unspecified atom stereocenters. The number of benzene rings is 1. The quantitative estimate of drug-likeness (QED) is 0.874. The Bertz CT molecular complexity index is 679. The maximum atomic E-state index is 12.8. The van der Waals surface area contributed by atoms with Crippen LogP contribution in [0, 0.1) is 0 Å². The molecule has 2 aliphatic rings. The van der Waals surface area contributed by atoms with E-state index in [-0.39, 0.29) is 5.91 Å². The molecule has 4 rings (SSSR count). The van der Waals surface area contributed by atoms with Crippen molar-refractivity contribution in [1.29, 1.82) is 0 Å². The number of amides is 1. The lowest BCUT2D eigenvalue weighted by Crippen LogP contribution is -2.35. The van der Waals surface area contributed by atoms with Crippen molar-refractivity contribution in [3.8, 4) is 0 Å². The van der Waals surface area contributed by atoms with Gasteiger partial charge < -0.3 is 14.3 Å². The van der Waals surface area contributed by atoms with Crippen molar-refractivity contribution in [1.82, 2.24) is 10.1 Å². The van der Waals surface area contributed by atoms with Crippen LogP contribution in [0.25, 0.3) is 0 Å². The predicted molar refractivity (Wildman–Crippen MR) is 87.7 cm³/mol. The molecule has 5 heteroatoms. The van der Waals surface area contributed by atoms with Gasteiger partial charge >= 0.3 is 0 Å². The summed E-state index contributed by atoms with van der Waals surface area (Å²) in [5, 5.41) is 4.05. The molecule has 0 radical (unpaired) electrons. The van der Waals surface area contributed by atoms with Gasteiger partial charge in [-0.1, -0.05) is 23.4 Å². The number of aromatic nitrogens is 1. The third-order valence-electron chi connectivity index (χ3n) is 4.70. The molecule has 1 aliphatic carbocycles. The standard InChI is InChI=1S/C18H21N3O2/c22-18(16-13-23-19-17(16)14-7-8-14)21-10-4-9-20(11-12-21)15-5-2-1-3-6-15/h1-3,5-6,13-14H,4,7-12H2. The zero-order chi connectivity index (χ0) is 15.6. The molecule has 0 N–H and O–H groups in total. The summed E-state index contributed by atoms with van der Waals surface area (Å²) in [6.45, 7) is 3.37. The Morgan fingerprint density at radius 2 is 1.91 bits per heavy atom. The maximum absolute atomic E-state index is 12.8. The number of anilines is 1. The minimum Gasteiger partial charge on any atom is -0.370 e. The Morgan fingerprint density at radius 1 is 1.09 bits per heavy atom. The molecule has 2 aromatic rings. The molecule has 1 aromatic heterocycles. The number of carbonyl (C=O) groups is 1. The molecular formula is C18H21N3O2. The van der Waals surface area contributed by atoms with Crippen LogP contribution in [0.3, 0.4) is 0 Å². The molecule has 2 heterocycles. The second-order valence-electron chi connectivity index (χ2n) is 6.36. The van der Waals surface area contributed by atoms with Gasteiger partial charge in [-0.15, -0.1) is 0 Å². The summed E-state index contributed by atoms with van der Waals surface area (Å²) in [5.74, 6) is 0.503. The van der Waals surface area contributed by atoms with E-state index >= 15 is 0 Å². The molecule has 1 aromatic carbocycles. The van der Waals surface area contributed by atoms with Gasteiger partial charge in [-0.3, -0.25) is 4.79 Å². The van der Waals surface area contributed by atoms with E-state index < -0.39 is 0 Å². The van der Waals surface area contributed by atoms with Gasteiger partial charge in [0.05, 0.1) is 5.69 Å². The van der Waals surface area contributed by atoms with Crippen molar-refractivity contribution >= 4 is 11.6 Å². The van der Waals surface area contributed by atoms with Gasteiger partial charge in [0.25, 0.3) is 5.91 Å². The number of rotatable bonds is 3. The fourth-order valence-electron chi connectivity index (χ4n) is 3.24. The highest BCUT2D eigenvalue weighted by Gasteiger charge is 2.33. The van der Waals surface area contributed by atoms with Gasteiger partial charge in [0.15, 0.2) is 0 Å². The Kier molecular flexibility index (Phi) is 3.77. The molecule has 2 fully saturated rings. The van der Waals surface area contributed by atoms with Crippen LogP contribution in [0.15, 0.2) is 41.1 Å². The van der Waals surface area contributed by atoms with Crippen LogP contribution in [-0.4, -0.2) is 42.1 Å². The number of carbonyl (C=O) groups excluding carboxylic acids is 1.